The monoisotopic (exact) mass is 787 g/mol. The van der Waals surface area contributed by atoms with Gasteiger partial charge in [0, 0.05) is 0 Å². The molecule has 6 rings (SSSR count). The molecule has 5 aromatic carbocycles. The van der Waals surface area contributed by atoms with Gasteiger partial charge in [-0.2, -0.15) is 0 Å². The Bertz CT molecular complexity index is 2150. The summed E-state index contributed by atoms with van der Waals surface area (Å²) in [7, 11) is -29.0. The normalized spacial score (nSPS) is 26.6. The van der Waals surface area contributed by atoms with Crippen LogP contribution in [0.15, 0.2) is 170 Å². The number of hydrogen-bond acceptors (Lipinski definition) is 10. The molecule has 0 spiro atoms. The number of halogens is 5. The Labute approximate surface area is 285 Å². The molecular formula is C30H27F5N5O5P5. The first kappa shape index (κ1) is 35.9. The van der Waals surface area contributed by atoms with E-state index in [-0.39, 0.29) is 28.7 Å². The van der Waals surface area contributed by atoms with Crippen LogP contribution in [0, 0.1) is 0 Å². The molecule has 0 radical (unpaired) electrons. The Morgan fingerprint density at radius 2 is 0.740 bits per heavy atom. The van der Waals surface area contributed by atoms with Crippen molar-refractivity contribution in [3.63, 3.8) is 0 Å². The summed E-state index contributed by atoms with van der Waals surface area (Å²) in [5.74, 6) is -1.34. The van der Waals surface area contributed by atoms with Crippen molar-refractivity contribution in [1.82, 2.24) is 4.86 Å². The number of nitrogens with zero attached hydrogens (tertiary/aromatic N) is 4. The Balaban J connectivity index is 1.67. The summed E-state index contributed by atoms with van der Waals surface area (Å²) in [5.41, 5.74) is 0. The molecule has 0 aliphatic carbocycles. The van der Waals surface area contributed by atoms with E-state index in [0.717, 1.165) is 0 Å². The molecule has 0 saturated carbocycles. The van der Waals surface area contributed by atoms with E-state index in [0.29, 0.717) is 0 Å². The number of para-hydroxylation sites is 5. The molecular weight excluding hydrogens is 760 g/mol. The predicted octanol–water partition coefficient (Wildman–Crippen LogP) is 14.0. The van der Waals surface area contributed by atoms with Gasteiger partial charge >= 0.3 is 286 Å². The quantitative estimate of drug-likeness (QED) is 0.112. The van der Waals surface area contributed by atoms with Gasteiger partial charge in [0.2, 0.25) is 0 Å². The topological polar surface area (TPSA) is 108 Å². The number of hydrogen-bond donors (Lipinski definition) is 1. The fourth-order valence-electron chi connectivity index (χ4n) is 4.15. The van der Waals surface area contributed by atoms with Gasteiger partial charge in [0.25, 0.3) is 0 Å². The first-order chi connectivity index (χ1) is 23.9. The average molecular weight is 787 g/mol. The van der Waals surface area contributed by atoms with Gasteiger partial charge in [-0.25, -0.2) is 0 Å². The fraction of sp³-hybridized carbons (Fsp3) is 0. The summed E-state index contributed by atoms with van der Waals surface area (Å²) < 4.78 is 128. The molecule has 5 aromatic rings. The molecule has 20 heteroatoms. The van der Waals surface area contributed by atoms with Crippen molar-refractivity contribution in [2.24, 2.45) is 18.1 Å². The van der Waals surface area contributed by atoms with Crippen LogP contribution >= 0.6 is 39.1 Å². The van der Waals surface area contributed by atoms with E-state index in [1.165, 1.54) is 121 Å². The molecule has 1 heterocycles. The molecule has 0 fully saturated rings. The van der Waals surface area contributed by atoms with Crippen LogP contribution in [-0.2, 0) is 0 Å². The Kier molecular flexibility index (Phi) is 10.8. The Hall–Kier alpha value is -3.94. The third-order valence-electron chi connectivity index (χ3n) is 6.05. The minimum atomic E-state index is -6.07. The second kappa shape index (κ2) is 15.1. The SMILES string of the molecule is FP1(Oc2ccccc2)=NP(F)(Oc2ccccc2)=N[PH](F)(Oc2ccccc2)NP(F)(Oc2ccccc2)=NP(F)(Oc2ccccc2)=N1. The van der Waals surface area contributed by atoms with Crippen LogP contribution in [0.1, 0.15) is 0 Å². The second-order valence-corrected chi connectivity index (χ2v) is 19.7. The summed E-state index contributed by atoms with van der Waals surface area (Å²) >= 11 is 0. The van der Waals surface area contributed by atoms with Crippen LogP contribution in [0.2, 0.25) is 0 Å². The van der Waals surface area contributed by atoms with E-state index in [9.17, 15) is 0 Å². The molecule has 4 unspecified atom stereocenters. The van der Waals surface area contributed by atoms with Crippen LogP contribution < -0.4 is 27.5 Å². The molecule has 1 aliphatic heterocycles. The van der Waals surface area contributed by atoms with Crippen molar-refractivity contribution in [1.29, 1.82) is 0 Å². The van der Waals surface area contributed by atoms with Crippen molar-refractivity contribution >= 4 is 39.1 Å². The van der Waals surface area contributed by atoms with Gasteiger partial charge < -0.3 is 0 Å². The molecule has 10 nitrogen and oxygen atoms in total. The molecule has 262 valence electrons. The van der Waals surface area contributed by atoms with E-state index >= 15 is 21.0 Å². The molecule has 0 bridgehead atoms. The zero-order valence-corrected chi connectivity index (χ0v) is 30.0. The van der Waals surface area contributed by atoms with Gasteiger partial charge in [0.15, 0.2) is 0 Å². The van der Waals surface area contributed by atoms with Gasteiger partial charge in [0.05, 0.1) is 0 Å². The van der Waals surface area contributed by atoms with Crippen molar-refractivity contribution in [2.75, 3.05) is 0 Å². The van der Waals surface area contributed by atoms with Gasteiger partial charge in [-0.05, 0) is 0 Å². The number of rotatable bonds is 10. The third kappa shape index (κ3) is 9.85. The maximum absolute atomic E-state index is 17.4. The summed E-state index contributed by atoms with van der Waals surface area (Å²) in [4.78, 5) is 1.82. The third-order valence-corrected chi connectivity index (χ3v) is 17.9. The Morgan fingerprint density at radius 3 is 1.16 bits per heavy atom. The summed E-state index contributed by atoms with van der Waals surface area (Å²) in [6, 6.07) is 35.0. The van der Waals surface area contributed by atoms with Crippen molar-refractivity contribution in [3.8, 4) is 28.7 Å². The van der Waals surface area contributed by atoms with Gasteiger partial charge in [-0.1, -0.05) is 0 Å². The predicted molar refractivity (Wildman–Crippen MR) is 190 cm³/mol. The molecule has 0 amide bonds. The van der Waals surface area contributed by atoms with Crippen LogP contribution in [0.3, 0.4) is 0 Å². The van der Waals surface area contributed by atoms with Crippen LogP contribution in [0.25, 0.3) is 0 Å². The van der Waals surface area contributed by atoms with E-state index in [2.05, 4.69) is 18.1 Å². The molecule has 1 aliphatic rings. The molecule has 50 heavy (non-hydrogen) atoms. The maximum atomic E-state index is 17.4. The number of benzene rings is 5. The van der Waals surface area contributed by atoms with E-state index in [1.807, 2.05) is 4.86 Å². The van der Waals surface area contributed by atoms with Crippen molar-refractivity contribution in [2.45, 2.75) is 0 Å². The van der Waals surface area contributed by atoms with Crippen LogP contribution in [0.5, 0.6) is 28.7 Å². The zero-order chi connectivity index (χ0) is 35.1. The van der Waals surface area contributed by atoms with Crippen molar-refractivity contribution in [3.05, 3.63) is 152 Å². The van der Waals surface area contributed by atoms with Crippen LogP contribution in [0.4, 0.5) is 21.0 Å². The molecule has 0 saturated heterocycles. The molecule has 0 aromatic heterocycles. The second-order valence-electron chi connectivity index (χ2n) is 9.99. The van der Waals surface area contributed by atoms with E-state index in [1.54, 1.807) is 30.3 Å². The van der Waals surface area contributed by atoms with Gasteiger partial charge in [0.1, 0.15) is 0 Å². The first-order valence-corrected chi connectivity index (χ1v) is 22.3. The van der Waals surface area contributed by atoms with Crippen molar-refractivity contribution < 1.29 is 43.6 Å². The standard InChI is InChI=1S/C30H27F5N5O5P5/c31-46(41-26-16-6-1-7-17-26)36-47(32,42-27-18-8-2-9-19-27)38-49(34,44-29-22-12-4-13-23-29)40-50(35,45-30-24-14-5-15-25-30)39-48(33,37-46)43-28-20-10-3-11-21-28/h1-25,36,46H. The summed E-state index contributed by atoms with van der Waals surface area (Å²) in [6.45, 7) is 0. The first-order valence-electron chi connectivity index (χ1n) is 14.5. The average Bonchev–Trinajstić information content (AvgIpc) is 3.05. The van der Waals surface area contributed by atoms with E-state index in [4.69, 9.17) is 22.6 Å². The number of nitrogens with one attached hydrogen (secondary N) is 1. The zero-order valence-electron chi connectivity index (χ0n) is 25.4. The Morgan fingerprint density at radius 1 is 0.420 bits per heavy atom. The minimum absolute atomic E-state index is 0.249. The molecule has 1 N–H and O–H groups in total. The van der Waals surface area contributed by atoms with E-state index < -0.39 is 39.1 Å². The van der Waals surface area contributed by atoms with Crippen LogP contribution in [-0.4, -0.2) is 0 Å². The van der Waals surface area contributed by atoms with Gasteiger partial charge in [-0.15, -0.1) is 0 Å². The summed E-state index contributed by atoms with van der Waals surface area (Å²) in [6.07, 6.45) is 0. The summed E-state index contributed by atoms with van der Waals surface area (Å²) in [5, 5.41) is 0. The fourth-order valence-corrected chi connectivity index (χ4v) is 16.3. The van der Waals surface area contributed by atoms with Gasteiger partial charge in [-0.3, -0.25) is 0 Å². The molecule has 4 atom stereocenters.